The Morgan fingerprint density at radius 2 is 1.86 bits per heavy atom. The number of carbonyl (C=O) groups is 2. The fourth-order valence-corrected chi connectivity index (χ4v) is 3.56. The molecular weight excluding hydrogens is 376 g/mol. The van der Waals surface area contributed by atoms with E-state index in [1.165, 1.54) is 17.4 Å². The van der Waals surface area contributed by atoms with Gasteiger partial charge in [-0.05, 0) is 51.0 Å². The molecule has 3 rings (SSSR count). The quantitative estimate of drug-likeness (QED) is 0.659. The smallest absolute Gasteiger partial charge is 0.321 e. The third-order valence-corrected chi connectivity index (χ3v) is 5.61. The van der Waals surface area contributed by atoms with Crippen LogP contribution in [0, 0.1) is 0 Å². The Morgan fingerprint density at radius 3 is 2.46 bits per heavy atom. The second-order valence-corrected chi connectivity index (χ2v) is 7.61. The summed E-state index contributed by atoms with van der Waals surface area (Å²) in [5.74, 6) is 0.488. The number of thioether (sulfide) groups is 1. The normalized spacial score (nSPS) is 13.2. The van der Waals surface area contributed by atoms with Crippen molar-refractivity contribution in [2.75, 3.05) is 23.7 Å². The van der Waals surface area contributed by atoms with Crippen molar-refractivity contribution in [3.63, 3.8) is 0 Å². The van der Waals surface area contributed by atoms with Crippen molar-refractivity contribution in [1.29, 1.82) is 0 Å². The topological polar surface area (TPSA) is 92.2 Å². The lowest BCUT2D eigenvalue weighted by Crippen LogP contribution is -2.41. The van der Waals surface area contributed by atoms with E-state index in [1.807, 2.05) is 23.7 Å². The molecule has 28 heavy (non-hydrogen) atoms. The predicted octanol–water partition coefficient (Wildman–Crippen LogP) is 2.41. The monoisotopic (exact) mass is 402 g/mol. The minimum Gasteiger partial charge on any atom is -0.372 e. The minimum absolute atomic E-state index is 0.102. The number of aromatic nitrogens is 3. The van der Waals surface area contributed by atoms with Crippen LogP contribution in [-0.2, 0) is 11.8 Å². The first-order chi connectivity index (χ1) is 13.5. The zero-order chi connectivity index (χ0) is 20.1. The minimum atomic E-state index is -0.431. The number of benzene rings is 1. The number of carbonyl (C=O) groups excluding carboxylic acids is 2. The highest BCUT2D eigenvalue weighted by Crippen LogP contribution is 2.25. The van der Waals surface area contributed by atoms with Crippen LogP contribution >= 0.6 is 11.8 Å². The van der Waals surface area contributed by atoms with Crippen molar-refractivity contribution in [3.05, 3.63) is 24.3 Å². The van der Waals surface area contributed by atoms with Crippen molar-refractivity contribution in [2.45, 2.75) is 37.9 Å². The van der Waals surface area contributed by atoms with Crippen LogP contribution in [0.4, 0.5) is 10.5 Å². The molecule has 1 aliphatic carbocycles. The van der Waals surface area contributed by atoms with Gasteiger partial charge in [-0.15, -0.1) is 10.2 Å². The average Bonchev–Trinajstić information content (AvgIpc) is 3.42. The average molecular weight is 403 g/mol. The SMILES string of the molecule is CCN(CC)c1ccc(-c2nnc(SCC(=O)NC(=O)NC3CC3)n2C)cc1. The number of nitrogens with one attached hydrogen (secondary N) is 2. The number of anilines is 1. The number of hydrogen-bond acceptors (Lipinski definition) is 6. The van der Waals surface area contributed by atoms with Gasteiger partial charge in [-0.25, -0.2) is 4.79 Å². The van der Waals surface area contributed by atoms with E-state index < -0.39 is 6.03 Å². The van der Waals surface area contributed by atoms with Gasteiger partial charge in [-0.1, -0.05) is 11.8 Å². The van der Waals surface area contributed by atoms with Crippen LogP contribution < -0.4 is 15.5 Å². The first-order valence-corrected chi connectivity index (χ1v) is 10.5. The van der Waals surface area contributed by atoms with Crippen LogP contribution in [0.3, 0.4) is 0 Å². The van der Waals surface area contributed by atoms with Gasteiger partial charge in [0, 0.05) is 37.4 Å². The molecule has 0 bridgehead atoms. The number of urea groups is 1. The molecule has 1 fully saturated rings. The molecule has 0 unspecified atom stereocenters. The highest BCUT2D eigenvalue weighted by Gasteiger charge is 2.24. The summed E-state index contributed by atoms with van der Waals surface area (Å²) >= 11 is 1.25. The fraction of sp³-hybridized carbons (Fsp3) is 0.474. The summed E-state index contributed by atoms with van der Waals surface area (Å²) < 4.78 is 1.86. The Morgan fingerprint density at radius 1 is 1.18 bits per heavy atom. The molecular formula is C19H26N6O2S. The zero-order valence-electron chi connectivity index (χ0n) is 16.4. The van der Waals surface area contributed by atoms with Crippen molar-refractivity contribution < 1.29 is 9.59 Å². The fourth-order valence-electron chi connectivity index (χ4n) is 2.84. The molecule has 3 amide bonds. The molecule has 1 aromatic heterocycles. The molecule has 0 saturated heterocycles. The molecule has 2 aromatic rings. The third kappa shape index (κ3) is 5.03. The lowest BCUT2D eigenvalue weighted by molar-refractivity contribution is -0.117. The molecule has 1 heterocycles. The Balaban J connectivity index is 1.58. The first kappa shape index (κ1) is 20.2. The van der Waals surface area contributed by atoms with Gasteiger partial charge in [-0.2, -0.15) is 0 Å². The molecule has 0 radical (unpaired) electrons. The largest absolute Gasteiger partial charge is 0.372 e. The molecule has 1 saturated carbocycles. The van der Waals surface area contributed by atoms with Crippen molar-refractivity contribution >= 4 is 29.4 Å². The van der Waals surface area contributed by atoms with E-state index in [0.29, 0.717) is 5.16 Å². The van der Waals surface area contributed by atoms with E-state index in [0.717, 1.165) is 37.3 Å². The Bertz CT molecular complexity index is 827. The Kier molecular flexibility index (Phi) is 6.56. The molecule has 9 heteroatoms. The Labute approximate surface area is 169 Å². The highest BCUT2D eigenvalue weighted by atomic mass is 32.2. The number of amides is 3. The van der Waals surface area contributed by atoms with Crippen LogP contribution in [-0.4, -0.2) is 51.6 Å². The molecule has 2 N–H and O–H groups in total. The maximum Gasteiger partial charge on any atom is 0.321 e. The number of rotatable bonds is 8. The summed E-state index contributed by atoms with van der Waals surface area (Å²) in [5.41, 5.74) is 2.14. The van der Waals surface area contributed by atoms with Gasteiger partial charge in [0.15, 0.2) is 11.0 Å². The third-order valence-electron chi connectivity index (χ3n) is 4.59. The maximum absolute atomic E-state index is 11.9. The van der Waals surface area contributed by atoms with Gasteiger partial charge in [0.2, 0.25) is 5.91 Å². The van der Waals surface area contributed by atoms with Crippen LogP contribution in [0.5, 0.6) is 0 Å². The summed E-state index contributed by atoms with van der Waals surface area (Å²) in [6.45, 7) is 6.19. The van der Waals surface area contributed by atoms with Crippen LogP contribution in [0.2, 0.25) is 0 Å². The number of nitrogens with zero attached hydrogens (tertiary/aromatic N) is 4. The van der Waals surface area contributed by atoms with Crippen molar-refractivity contribution in [1.82, 2.24) is 25.4 Å². The molecule has 0 atom stereocenters. The molecule has 8 nitrogen and oxygen atoms in total. The second kappa shape index (κ2) is 9.09. The van der Waals surface area contributed by atoms with Gasteiger partial charge >= 0.3 is 6.03 Å². The second-order valence-electron chi connectivity index (χ2n) is 6.67. The van der Waals surface area contributed by atoms with Gasteiger partial charge in [0.1, 0.15) is 0 Å². The van der Waals surface area contributed by atoms with Gasteiger partial charge in [0.05, 0.1) is 5.75 Å². The van der Waals surface area contributed by atoms with Gasteiger partial charge in [0.25, 0.3) is 0 Å². The van der Waals surface area contributed by atoms with E-state index in [-0.39, 0.29) is 17.7 Å². The zero-order valence-corrected chi connectivity index (χ0v) is 17.3. The van der Waals surface area contributed by atoms with E-state index in [1.54, 1.807) is 0 Å². The van der Waals surface area contributed by atoms with E-state index >= 15 is 0 Å². The summed E-state index contributed by atoms with van der Waals surface area (Å²) in [6, 6.07) is 8.00. The molecule has 1 aromatic carbocycles. The lowest BCUT2D eigenvalue weighted by atomic mass is 10.2. The standard InChI is InChI=1S/C19H26N6O2S/c1-4-25(5-2)15-10-6-13(7-11-15)17-22-23-19(24(17)3)28-12-16(26)21-18(27)20-14-8-9-14/h6-7,10-11,14H,4-5,8-9,12H2,1-3H3,(H2,20,21,26,27). The highest BCUT2D eigenvalue weighted by molar-refractivity contribution is 7.99. The lowest BCUT2D eigenvalue weighted by Gasteiger charge is -2.21. The molecule has 0 spiro atoms. The summed E-state index contributed by atoms with van der Waals surface area (Å²) in [7, 11) is 1.87. The Hall–Kier alpha value is -2.55. The van der Waals surface area contributed by atoms with Crippen molar-refractivity contribution in [3.8, 4) is 11.4 Å². The van der Waals surface area contributed by atoms with Crippen molar-refractivity contribution in [2.24, 2.45) is 7.05 Å². The molecule has 0 aliphatic heterocycles. The van der Waals surface area contributed by atoms with Gasteiger partial charge in [-0.3, -0.25) is 10.1 Å². The van der Waals surface area contributed by atoms with Crippen LogP contribution in [0.1, 0.15) is 26.7 Å². The summed E-state index contributed by atoms with van der Waals surface area (Å²) in [4.78, 5) is 25.8. The van der Waals surface area contributed by atoms with Crippen LogP contribution in [0.15, 0.2) is 29.4 Å². The van der Waals surface area contributed by atoms with E-state index in [2.05, 4.69) is 51.7 Å². The predicted molar refractivity (Wildman–Crippen MR) is 110 cm³/mol. The summed E-state index contributed by atoms with van der Waals surface area (Å²) in [6.07, 6.45) is 1.96. The van der Waals surface area contributed by atoms with E-state index in [4.69, 9.17) is 0 Å². The van der Waals surface area contributed by atoms with E-state index in [9.17, 15) is 9.59 Å². The van der Waals surface area contributed by atoms with Crippen LogP contribution in [0.25, 0.3) is 11.4 Å². The first-order valence-electron chi connectivity index (χ1n) is 9.49. The molecule has 150 valence electrons. The number of hydrogen-bond donors (Lipinski definition) is 2. The maximum atomic E-state index is 11.9. The number of imide groups is 1. The van der Waals surface area contributed by atoms with Gasteiger partial charge < -0.3 is 14.8 Å². The molecule has 1 aliphatic rings. The summed E-state index contributed by atoms with van der Waals surface area (Å²) in [5, 5.41) is 14.1.